The van der Waals surface area contributed by atoms with Crippen LogP contribution in [0, 0.1) is 24.8 Å². The number of aliphatic imine (C=N–C) groups is 3. The van der Waals surface area contributed by atoms with Gasteiger partial charge in [0.25, 0.3) is 23.3 Å². The van der Waals surface area contributed by atoms with Crippen LogP contribution in [0.5, 0.6) is 0 Å². The van der Waals surface area contributed by atoms with E-state index in [-0.39, 0.29) is 59.5 Å². The van der Waals surface area contributed by atoms with E-state index in [0.29, 0.717) is 123 Å². The molecule has 0 bridgehead atoms. The van der Waals surface area contributed by atoms with Gasteiger partial charge in [-0.25, -0.2) is 44.3 Å². The molecule has 31 nitrogen and oxygen atoms in total. The normalized spacial score (nSPS) is 20.7. The molecule has 0 unspecified atom stereocenters. The lowest BCUT2D eigenvalue weighted by molar-refractivity contribution is 0.0853. The molecule has 700 valence electrons. The number of nitrogens with one attached hydrogen (secondary N) is 1. The van der Waals surface area contributed by atoms with Crippen LogP contribution >= 0.6 is 23.5 Å². The summed E-state index contributed by atoms with van der Waals surface area (Å²) in [6.07, 6.45) is 19.6. The molecule has 0 spiro atoms. The zero-order valence-corrected chi connectivity index (χ0v) is 79.6. The van der Waals surface area contributed by atoms with Crippen molar-refractivity contribution < 1.29 is 36.0 Å². The summed E-state index contributed by atoms with van der Waals surface area (Å²) >= 11 is 3.00. The molecule has 4 aromatic carbocycles. The number of pyridine rings is 5. The van der Waals surface area contributed by atoms with Crippen molar-refractivity contribution >= 4 is 115 Å². The number of carbonyl (C=O) groups excluding carboxylic acids is 3. The predicted octanol–water partition coefficient (Wildman–Crippen LogP) is 15.2. The van der Waals surface area contributed by atoms with Crippen molar-refractivity contribution in [2.75, 3.05) is 59.9 Å². The molecule has 10 atom stereocenters. The first kappa shape index (κ1) is 89.2. The van der Waals surface area contributed by atoms with Crippen LogP contribution in [0.25, 0.3) is 56.1 Å². The number of amides is 3. The van der Waals surface area contributed by atoms with Crippen LogP contribution in [-0.2, 0) is 47.8 Å². The minimum Gasteiger partial charge on any atom is -0.351 e. The van der Waals surface area contributed by atoms with Crippen molar-refractivity contribution in [1.82, 2.24) is 88.3 Å². The Bertz CT molecular complexity index is 7230. The second-order valence-corrected chi connectivity index (χ2v) is 40.5. The summed E-state index contributed by atoms with van der Waals surface area (Å²) in [6, 6.07) is 59.2. The zero-order chi connectivity index (χ0) is 94.7. The standard InChI is InChI=1S/C29H27N7OS.2C24H23FN6O2S.C23H21FN6OS/c1-18-7-5-8-21(31-18)20-14-12-19(13-15-20)17-35-28(38-24-11-3-4-16-30-24)25-26(33-35)36-23-10-6-9-22(23)32-29(36)34(2)27(25)37;2*1-29-22(32)20-21(31-18-7-3-6-17(18)27-24(29)31)28-30(23(20)34(2)33)13-14-9-11-15(12-10-14)16-5-4-8-19(25)26-16;1-32-22-19-20(30-17-6-2-5-16(17)26-23(30)27-21(19)31)28-29(22)12-13-8-10-14(11-9-13)15-4-3-7-18(24)25-15/h3-5,7-8,11-16,22-23H,6,9-10,17H2,1-2H3;2*4-5,8-12,17-18H,3,6-7,13H2,1-2H3;3-4,7-11,16-17H,2,5-6,12H2,1H3,(H,26,27,31)/t22-,23+;17-,18+,34+;17-,18+,34-;16-,17+/m1111/s1. The molecule has 0 saturated heterocycles. The maximum Gasteiger partial charge on any atom is 0.286 e. The summed E-state index contributed by atoms with van der Waals surface area (Å²) in [5.41, 5.74) is 13.0. The van der Waals surface area contributed by atoms with Gasteiger partial charge >= 0.3 is 0 Å². The van der Waals surface area contributed by atoms with Crippen LogP contribution in [0.1, 0.15) is 142 Å². The molecular formula is C100H94F3N25O6S4. The third-order valence-electron chi connectivity index (χ3n) is 27.4. The highest BCUT2D eigenvalue weighted by Crippen LogP contribution is 2.49. The second-order valence-electron chi connectivity index (χ2n) is 36.1. The first-order valence-corrected chi connectivity index (χ1v) is 51.2. The molecule has 4 fully saturated rings. The lowest BCUT2D eigenvalue weighted by Crippen LogP contribution is -2.51. The van der Waals surface area contributed by atoms with Crippen LogP contribution in [0.3, 0.4) is 0 Å². The number of hydrogen-bond acceptors (Lipinski definition) is 25. The third-order valence-corrected chi connectivity index (χ3v) is 31.2. The van der Waals surface area contributed by atoms with E-state index in [9.17, 15) is 40.8 Å². The molecular weight excluding hydrogens is 1830 g/mol. The highest BCUT2D eigenvalue weighted by molar-refractivity contribution is 7.99. The Morgan fingerprint density at radius 3 is 1.20 bits per heavy atom. The van der Waals surface area contributed by atoms with E-state index in [2.05, 4.69) is 78.8 Å². The number of rotatable bonds is 17. The molecule has 4 aliphatic carbocycles. The number of guanidine groups is 3. The fraction of sp³-hybridized carbons (Fsp3) is 0.310. The molecule has 1 N–H and O–H groups in total. The Balaban J connectivity index is 0.000000106. The van der Waals surface area contributed by atoms with Crippen LogP contribution < -0.4 is 25.6 Å². The van der Waals surface area contributed by atoms with Crippen LogP contribution in [0.15, 0.2) is 239 Å². The van der Waals surface area contributed by atoms with Crippen LogP contribution in [0.2, 0.25) is 0 Å². The van der Waals surface area contributed by atoms with Crippen molar-refractivity contribution in [2.45, 2.75) is 184 Å². The van der Waals surface area contributed by atoms with Gasteiger partial charge in [-0.2, -0.15) is 38.5 Å². The van der Waals surface area contributed by atoms with Crippen LogP contribution in [-0.4, -0.2) is 215 Å². The Morgan fingerprint density at radius 1 is 0.413 bits per heavy atom. The van der Waals surface area contributed by atoms with Crippen molar-refractivity contribution in [3.8, 4) is 45.0 Å². The number of fused-ring (bicyclic) bond motifs is 20. The Labute approximate surface area is 804 Å². The van der Waals surface area contributed by atoms with E-state index in [4.69, 9.17) is 35.4 Å². The Hall–Kier alpha value is -14.0. The van der Waals surface area contributed by atoms with Gasteiger partial charge in [-0.15, -0.1) is 11.8 Å². The number of hydrogen-bond donors (Lipinski definition) is 1. The highest BCUT2D eigenvalue weighted by Gasteiger charge is 2.54. The van der Waals surface area contributed by atoms with Gasteiger partial charge in [0.1, 0.15) is 47.2 Å². The van der Waals surface area contributed by atoms with E-state index < -0.39 is 39.4 Å². The van der Waals surface area contributed by atoms with Crippen molar-refractivity contribution in [1.29, 1.82) is 0 Å². The maximum absolute atomic E-state index is 13.7. The first-order chi connectivity index (χ1) is 67.0. The topological polar surface area (TPSA) is 325 Å². The van der Waals surface area contributed by atoms with Gasteiger partial charge in [0, 0.05) is 73.8 Å². The van der Waals surface area contributed by atoms with E-state index in [0.717, 1.165) is 160 Å². The fourth-order valence-corrected chi connectivity index (χ4v) is 24.4. The van der Waals surface area contributed by atoms with E-state index in [1.54, 1.807) is 93.3 Å². The predicted molar refractivity (Wildman–Crippen MR) is 524 cm³/mol. The molecule has 4 saturated carbocycles. The first-order valence-electron chi connectivity index (χ1n) is 46.1. The molecule has 25 rings (SSSR count). The maximum atomic E-state index is 13.7. The number of aromatic nitrogens is 15. The molecule has 38 heteroatoms. The largest absolute Gasteiger partial charge is 0.351 e. The number of aryl methyl sites for hydroxylation is 1. The fourth-order valence-electron chi connectivity index (χ4n) is 21.0. The average molecular weight is 1930 g/mol. The van der Waals surface area contributed by atoms with Gasteiger partial charge in [-0.1, -0.05) is 127 Å². The monoisotopic (exact) mass is 1930 g/mol. The quantitative estimate of drug-likeness (QED) is 0.0653. The number of carbonyl (C=O) groups is 3. The van der Waals surface area contributed by atoms with Crippen molar-refractivity contribution in [2.24, 2.45) is 15.0 Å². The van der Waals surface area contributed by atoms with Gasteiger partial charge < -0.3 is 5.32 Å². The van der Waals surface area contributed by atoms with E-state index >= 15 is 0 Å². The van der Waals surface area contributed by atoms with Crippen LogP contribution in [0.4, 0.5) is 36.6 Å². The second kappa shape index (κ2) is 36.5. The Morgan fingerprint density at radius 2 is 0.797 bits per heavy atom. The summed E-state index contributed by atoms with van der Waals surface area (Å²) in [5, 5.41) is 26.9. The lowest BCUT2D eigenvalue weighted by Gasteiger charge is -2.34. The van der Waals surface area contributed by atoms with Crippen molar-refractivity contribution in [3.05, 3.63) is 267 Å². The summed E-state index contributed by atoms with van der Waals surface area (Å²) in [7, 11) is 2.41. The minimum atomic E-state index is -1.42. The number of anilines is 4. The van der Waals surface area contributed by atoms with E-state index in [1.165, 1.54) is 41.7 Å². The van der Waals surface area contributed by atoms with E-state index in [1.807, 2.05) is 139 Å². The van der Waals surface area contributed by atoms with Gasteiger partial charge in [0.2, 0.25) is 41.7 Å². The minimum absolute atomic E-state index is 0.0690. The average Bonchev–Trinajstić information content (AvgIpc) is 1.56. The highest BCUT2D eigenvalue weighted by atomic mass is 32.2. The molecule has 0 radical (unpaired) electrons. The number of benzene rings is 4. The Kier molecular flexibility index (Phi) is 23.6. The molecule has 3 amide bonds. The summed E-state index contributed by atoms with van der Waals surface area (Å²) in [5.74, 6) is 2.41. The molecule has 11 aliphatic rings. The molecule has 10 aromatic heterocycles. The number of nitrogens with zero attached hydrogens (tertiary/aromatic N) is 24. The van der Waals surface area contributed by atoms with Gasteiger partial charge in [0.05, 0.1) is 113 Å². The molecule has 17 heterocycles. The zero-order valence-electron chi connectivity index (χ0n) is 76.4. The van der Waals surface area contributed by atoms with Gasteiger partial charge in [0.15, 0.2) is 23.1 Å². The van der Waals surface area contributed by atoms with Gasteiger partial charge in [-0.05, 0) is 185 Å². The molecule has 7 aliphatic heterocycles. The summed E-state index contributed by atoms with van der Waals surface area (Å²) in [4.78, 5) is 104. The SMILES string of the molecule is CN1C(=O)c2c(nn(Cc3ccc(-c4cccc(F)n4)cc3)c2[S@@](C)=O)N2C1=N[C@@H]1CCC[C@@H]12.CN1C(=O)c2c(nn(Cc3ccc(-c4cccc(F)n4)cc3)c2[S@](C)=O)N2C1=N[C@@H]1CCC[C@@H]12.CSc1c2c(=O)nc3n(c2nn1Cc1ccc(-c2cccc(F)n2)cc1)[C@H]1CCC[C@H]1N3.Cc1cccc(-c2ccc(Cn3nc4c(c3Sc3ccccn3)C(=O)N(C)C3=N[C@@H]5CCC[C@@H]5N34)cc2)n1. The van der Waals surface area contributed by atoms with Crippen molar-refractivity contribution in [3.63, 3.8) is 0 Å². The molecule has 14 aromatic rings. The summed E-state index contributed by atoms with van der Waals surface area (Å²) in [6.45, 7) is 3.77. The number of halogens is 3. The third kappa shape index (κ3) is 16.2. The smallest absolute Gasteiger partial charge is 0.286 e. The number of thioether (sulfide) groups is 1. The summed E-state index contributed by atoms with van der Waals surface area (Å²) < 4.78 is 75.4. The molecule has 138 heavy (non-hydrogen) atoms. The van der Waals surface area contributed by atoms with Gasteiger partial charge in [-0.3, -0.25) is 75.9 Å². The lowest BCUT2D eigenvalue weighted by atomic mass is 10.1.